The van der Waals surface area contributed by atoms with Crippen molar-refractivity contribution in [1.29, 1.82) is 10.5 Å². The van der Waals surface area contributed by atoms with Gasteiger partial charge in [-0.15, -0.1) is 0 Å². The van der Waals surface area contributed by atoms with E-state index in [2.05, 4.69) is 11.4 Å². The third-order valence-corrected chi connectivity index (χ3v) is 3.04. The molecule has 0 radical (unpaired) electrons. The number of nitrogens with zero attached hydrogens (tertiary/aromatic N) is 2. The molecule has 2 aromatic carbocycles. The molecule has 98 valence electrons. The summed E-state index contributed by atoms with van der Waals surface area (Å²) in [5, 5.41) is 21.5. The minimum Gasteiger partial charge on any atom is -0.497 e. The van der Waals surface area contributed by atoms with Gasteiger partial charge in [-0.05, 0) is 30.3 Å². The van der Waals surface area contributed by atoms with Crippen LogP contribution in [-0.2, 0) is 0 Å². The van der Waals surface area contributed by atoms with E-state index >= 15 is 0 Å². The van der Waals surface area contributed by atoms with Crippen LogP contribution in [0.25, 0.3) is 0 Å². The minimum absolute atomic E-state index is 0.462. The van der Waals surface area contributed by atoms with Crippen LogP contribution in [0.2, 0.25) is 5.02 Å². The van der Waals surface area contributed by atoms with Crippen LogP contribution in [-0.4, -0.2) is 7.11 Å². The maximum atomic E-state index is 9.11. The SMILES string of the molecule is COc1ccc(C#N)c(Nc2cc(C#N)ccc2Cl)c1. The lowest BCUT2D eigenvalue weighted by Gasteiger charge is -2.11. The number of hydrogen-bond acceptors (Lipinski definition) is 4. The summed E-state index contributed by atoms with van der Waals surface area (Å²) in [6.45, 7) is 0. The standard InChI is InChI=1S/C15H10ClN3O/c1-20-12-4-3-11(9-18)14(7-12)19-15-6-10(8-17)2-5-13(15)16/h2-7,19H,1H3. The Balaban J connectivity index is 2.44. The molecular formula is C15H10ClN3O. The summed E-state index contributed by atoms with van der Waals surface area (Å²) >= 11 is 6.09. The molecule has 20 heavy (non-hydrogen) atoms. The summed E-state index contributed by atoms with van der Waals surface area (Å²) in [5.41, 5.74) is 2.09. The molecule has 5 heteroatoms. The van der Waals surface area contributed by atoms with Crippen LogP contribution in [0.1, 0.15) is 11.1 Å². The summed E-state index contributed by atoms with van der Waals surface area (Å²) in [6, 6.07) is 14.1. The Hall–Kier alpha value is -2.69. The van der Waals surface area contributed by atoms with Crippen molar-refractivity contribution in [3.8, 4) is 17.9 Å². The molecule has 0 bridgehead atoms. The quantitative estimate of drug-likeness (QED) is 0.929. The first kappa shape index (κ1) is 13.7. The Kier molecular flexibility index (Phi) is 4.10. The zero-order chi connectivity index (χ0) is 14.5. The Morgan fingerprint density at radius 3 is 2.50 bits per heavy atom. The summed E-state index contributed by atoms with van der Waals surface area (Å²) in [7, 11) is 1.55. The van der Waals surface area contributed by atoms with Gasteiger partial charge in [0.2, 0.25) is 0 Å². The zero-order valence-corrected chi connectivity index (χ0v) is 11.4. The van der Waals surface area contributed by atoms with E-state index in [-0.39, 0.29) is 0 Å². The lowest BCUT2D eigenvalue weighted by molar-refractivity contribution is 0.415. The fraction of sp³-hybridized carbons (Fsp3) is 0.0667. The smallest absolute Gasteiger partial charge is 0.121 e. The number of halogens is 1. The highest BCUT2D eigenvalue weighted by atomic mass is 35.5. The van der Waals surface area contributed by atoms with Crippen molar-refractivity contribution in [2.24, 2.45) is 0 Å². The number of rotatable bonds is 3. The van der Waals surface area contributed by atoms with Gasteiger partial charge in [-0.25, -0.2) is 0 Å². The van der Waals surface area contributed by atoms with Gasteiger partial charge in [0, 0.05) is 6.07 Å². The maximum Gasteiger partial charge on any atom is 0.121 e. The molecule has 0 saturated carbocycles. The van der Waals surface area contributed by atoms with Crippen LogP contribution in [0.4, 0.5) is 11.4 Å². The Morgan fingerprint density at radius 1 is 1.05 bits per heavy atom. The first-order chi connectivity index (χ1) is 9.67. The summed E-state index contributed by atoms with van der Waals surface area (Å²) in [5.74, 6) is 0.624. The number of anilines is 2. The highest BCUT2D eigenvalue weighted by Gasteiger charge is 2.08. The Morgan fingerprint density at radius 2 is 1.85 bits per heavy atom. The summed E-state index contributed by atoms with van der Waals surface area (Å²) < 4.78 is 5.13. The molecule has 0 spiro atoms. The van der Waals surface area contributed by atoms with E-state index in [1.807, 2.05) is 6.07 Å². The third kappa shape index (κ3) is 2.83. The predicted molar refractivity (Wildman–Crippen MR) is 77.2 cm³/mol. The average Bonchev–Trinajstić information content (AvgIpc) is 2.49. The van der Waals surface area contributed by atoms with Gasteiger partial charge in [-0.1, -0.05) is 11.6 Å². The maximum absolute atomic E-state index is 9.11. The molecule has 0 saturated heterocycles. The van der Waals surface area contributed by atoms with Crippen molar-refractivity contribution in [3.05, 3.63) is 52.5 Å². The molecule has 2 rings (SSSR count). The predicted octanol–water partition coefficient (Wildman–Crippen LogP) is 3.84. The molecule has 0 fully saturated rings. The lowest BCUT2D eigenvalue weighted by Crippen LogP contribution is -1.96. The van der Waals surface area contributed by atoms with E-state index in [0.29, 0.717) is 33.3 Å². The molecular weight excluding hydrogens is 274 g/mol. The molecule has 0 aliphatic rings. The van der Waals surface area contributed by atoms with Gasteiger partial charge in [0.05, 0.1) is 40.7 Å². The van der Waals surface area contributed by atoms with E-state index in [0.717, 1.165) is 0 Å². The van der Waals surface area contributed by atoms with Gasteiger partial charge in [-0.3, -0.25) is 0 Å². The van der Waals surface area contributed by atoms with Gasteiger partial charge < -0.3 is 10.1 Å². The van der Waals surface area contributed by atoms with Crippen molar-refractivity contribution >= 4 is 23.0 Å². The van der Waals surface area contributed by atoms with Crippen LogP contribution in [0.5, 0.6) is 5.75 Å². The highest BCUT2D eigenvalue weighted by Crippen LogP contribution is 2.30. The molecule has 0 unspecified atom stereocenters. The monoisotopic (exact) mass is 283 g/mol. The van der Waals surface area contributed by atoms with Crippen molar-refractivity contribution in [1.82, 2.24) is 0 Å². The van der Waals surface area contributed by atoms with Crippen LogP contribution in [0.15, 0.2) is 36.4 Å². The normalized spacial score (nSPS) is 9.40. The van der Waals surface area contributed by atoms with Crippen LogP contribution < -0.4 is 10.1 Å². The molecule has 0 aliphatic carbocycles. The van der Waals surface area contributed by atoms with Gasteiger partial charge in [0.25, 0.3) is 0 Å². The van der Waals surface area contributed by atoms with Gasteiger partial charge >= 0.3 is 0 Å². The highest BCUT2D eigenvalue weighted by molar-refractivity contribution is 6.33. The number of hydrogen-bond donors (Lipinski definition) is 1. The second-order valence-electron chi connectivity index (χ2n) is 3.95. The van der Waals surface area contributed by atoms with E-state index in [1.54, 1.807) is 43.5 Å². The second kappa shape index (κ2) is 5.97. The third-order valence-electron chi connectivity index (χ3n) is 2.71. The van der Waals surface area contributed by atoms with Crippen LogP contribution >= 0.6 is 11.6 Å². The molecule has 1 N–H and O–H groups in total. The summed E-state index contributed by atoms with van der Waals surface area (Å²) in [4.78, 5) is 0. The molecule has 2 aromatic rings. The molecule has 0 aromatic heterocycles. The van der Waals surface area contributed by atoms with Crippen molar-refractivity contribution in [2.45, 2.75) is 0 Å². The largest absolute Gasteiger partial charge is 0.497 e. The van der Waals surface area contributed by atoms with Crippen molar-refractivity contribution < 1.29 is 4.74 Å². The summed E-state index contributed by atoms with van der Waals surface area (Å²) in [6.07, 6.45) is 0. The zero-order valence-electron chi connectivity index (χ0n) is 10.6. The van der Waals surface area contributed by atoms with E-state index in [4.69, 9.17) is 26.9 Å². The fourth-order valence-corrected chi connectivity index (χ4v) is 1.85. The van der Waals surface area contributed by atoms with Crippen molar-refractivity contribution in [2.75, 3.05) is 12.4 Å². The first-order valence-corrected chi connectivity index (χ1v) is 6.10. The number of nitriles is 2. The van der Waals surface area contributed by atoms with E-state index < -0.39 is 0 Å². The molecule has 0 aliphatic heterocycles. The minimum atomic E-state index is 0.462. The lowest BCUT2D eigenvalue weighted by atomic mass is 10.1. The fourth-order valence-electron chi connectivity index (χ4n) is 1.69. The van der Waals surface area contributed by atoms with E-state index in [1.165, 1.54) is 0 Å². The number of nitrogens with one attached hydrogen (secondary N) is 1. The Labute approximate surface area is 121 Å². The molecule has 0 atom stereocenters. The molecule has 0 amide bonds. The number of ether oxygens (including phenoxy) is 1. The van der Waals surface area contributed by atoms with Gasteiger partial charge in [0.15, 0.2) is 0 Å². The molecule has 4 nitrogen and oxygen atoms in total. The van der Waals surface area contributed by atoms with Crippen LogP contribution in [0, 0.1) is 22.7 Å². The topological polar surface area (TPSA) is 68.8 Å². The Bertz CT molecular complexity index is 729. The average molecular weight is 284 g/mol. The van der Waals surface area contributed by atoms with Crippen molar-refractivity contribution in [3.63, 3.8) is 0 Å². The van der Waals surface area contributed by atoms with Gasteiger partial charge in [0.1, 0.15) is 11.8 Å². The van der Waals surface area contributed by atoms with Gasteiger partial charge in [-0.2, -0.15) is 10.5 Å². The number of methoxy groups -OCH3 is 1. The van der Waals surface area contributed by atoms with Crippen LogP contribution in [0.3, 0.4) is 0 Å². The van der Waals surface area contributed by atoms with E-state index in [9.17, 15) is 0 Å². The second-order valence-corrected chi connectivity index (χ2v) is 4.36. The first-order valence-electron chi connectivity index (χ1n) is 5.72. The molecule has 0 heterocycles. The number of benzene rings is 2.